The van der Waals surface area contributed by atoms with E-state index in [0.29, 0.717) is 35.0 Å². The highest BCUT2D eigenvalue weighted by molar-refractivity contribution is 5.99. The van der Waals surface area contributed by atoms with Crippen molar-refractivity contribution in [2.45, 2.75) is 6.54 Å². The summed E-state index contributed by atoms with van der Waals surface area (Å²) in [4.78, 5) is 21.2. The maximum Gasteiger partial charge on any atom is 0.198 e. The highest BCUT2D eigenvalue weighted by Crippen LogP contribution is 2.33. The molecular formula is C28H21N9. The van der Waals surface area contributed by atoms with Gasteiger partial charge in [0.2, 0.25) is 0 Å². The van der Waals surface area contributed by atoms with Gasteiger partial charge in [-0.25, -0.2) is 24.6 Å². The third-order valence-electron chi connectivity index (χ3n) is 6.50. The number of H-pyrrole nitrogens is 1. The zero-order chi connectivity index (χ0) is 24.9. The van der Waals surface area contributed by atoms with E-state index in [2.05, 4.69) is 44.2 Å². The molecule has 0 unspecified atom stereocenters. The van der Waals surface area contributed by atoms with Crippen LogP contribution in [0.25, 0.3) is 55.5 Å². The molecule has 0 spiro atoms. The van der Waals surface area contributed by atoms with Crippen molar-refractivity contribution in [3.8, 4) is 22.5 Å². The van der Waals surface area contributed by atoms with Crippen molar-refractivity contribution in [3.63, 3.8) is 0 Å². The van der Waals surface area contributed by atoms with E-state index in [1.807, 2.05) is 59.3 Å². The third-order valence-corrected chi connectivity index (χ3v) is 6.50. The first-order valence-electron chi connectivity index (χ1n) is 11.8. The molecule has 0 saturated carbocycles. The van der Waals surface area contributed by atoms with Crippen molar-refractivity contribution < 1.29 is 0 Å². The first-order chi connectivity index (χ1) is 18.1. The van der Waals surface area contributed by atoms with Gasteiger partial charge < -0.3 is 16.5 Å². The number of nitrogen functional groups attached to an aromatic ring is 2. The van der Waals surface area contributed by atoms with Gasteiger partial charge in [-0.15, -0.1) is 0 Å². The number of nitrogens with one attached hydrogen (secondary N) is 1. The van der Waals surface area contributed by atoms with Crippen molar-refractivity contribution in [1.82, 2.24) is 34.7 Å². The maximum atomic E-state index is 6.36. The highest BCUT2D eigenvalue weighted by atomic mass is 15.3. The van der Waals surface area contributed by atoms with Gasteiger partial charge in [0.05, 0.1) is 34.2 Å². The van der Waals surface area contributed by atoms with Crippen LogP contribution >= 0.6 is 0 Å². The Bertz CT molecular complexity index is 1940. The van der Waals surface area contributed by atoms with Crippen LogP contribution in [0.2, 0.25) is 0 Å². The summed E-state index contributed by atoms with van der Waals surface area (Å²) in [5, 5.41) is 6.74. The standard InChI is InChI=1S/C28H21N9/c29-26-23-25(18-10-11-21-22(13-18)35-28(30)34-21)36-37(27(23)32-15-31-26)14-19-12-17-8-4-5-9-20(17)33-24(19)16-6-2-1-3-7-16/h1-13,15H,14H2,(H2,29,31,32)(H3,30,34,35). The van der Waals surface area contributed by atoms with Crippen LogP contribution in [0.5, 0.6) is 0 Å². The number of fused-ring (bicyclic) bond motifs is 3. The largest absolute Gasteiger partial charge is 0.383 e. The van der Waals surface area contributed by atoms with Crippen molar-refractivity contribution in [3.05, 3.63) is 90.8 Å². The van der Waals surface area contributed by atoms with E-state index in [1.165, 1.54) is 6.33 Å². The predicted molar refractivity (Wildman–Crippen MR) is 146 cm³/mol. The van der Waals surface area contributed by atoms with Gasteiger partial charge in [-0.3, -0.25) is 0 Å². The van der Waals surface area contributed by atoms with Crippen LogP contribution in [-0.2, 0) is 6.54 Å². The number of nitrogens with zero attached hydrogens (tertiary/aromatic N) is 6. The van der Waals surface area contributed by atoms with Crippen LogP contribution in [0.1, 0.15) is 5.56 Å². The van der Waals surface area contributed by atoms with E-state index in [4.69, 9.17) is 21.5 Å². The molecule has 7 rings (SSSR count). The van der Waals surface area contributed by atoms with Crippen molar-refractivity contribution in [1.29, 1.82) is 0 Å². The summed E-state index contributed by atoms with van der Waals surface area (Å²) in [6.45, 7) is 0.453. The minimum absolute atomic E-state index is 0.364. The minimum Gasteiger partial charge on any atom is -0.383 e. The molecule has 9 heteroatoms. The van der Waals surface area contributed by atoms with Gasteiger partial charge in [-0.05, 0) is 24.3 Å². The van der Waals surface area contributed by atoms with E-state index in [-0.39, 0.29) is 0 Å². The summed E-state index contributed by atoms with van der Waals surface area (Å²) in [5.41, 5.74) is 19.9. The Balaban J connectivity index is 1.42. The average molecular weight is 484 g/mol. The Morgan fingerprint density at radius 1 is 0.757 bits per heavy atom. The SMILES string of the molecule is Nc1nc2ccc(-c3nn(Cc4cc5ccccc5nc4-c4ccccc4)c4ncnc(N)c34)cc2[nH]1. The van der Waals surface area contributed by atoms with Crippen LogP contribution < -0.4 is 11.5 Å². The lowest BCUT2D eigenvalue weighted by atomic mass is 10.0. The fourth-order valence-electron chi connectivity index (χ4n) is 4.81. The second-order valence-corrected chi connectivity index (χ2v) is 8.87. The number of benzene rings is 3. The summed E-state index contributed by atoms with van der Waals surface area (Å²) < 4.78 is 1.87. The lowest BCUT2D eigenvalue weighted by Crippen LogP contribution is -2.06. The van der Waals surface area contributed by atoms with Crippen LogP contribution in [0.3, 0.4) is 0 Å². The molecule has 5 N–H and O–H groups in total. The summed E-state index contributed by atoms with van der Waals surface area (Å²) >= 11 is 0. The number of hydrogen-bond acceptors (Lipinski definition) is 7. The predicted octanol–water partition coefficient (Wildman–Crippen LogP) is 4.80. The fraction of sp³-hybridized carbons (Fsp3) is 0.0357. The number of nitrogens with two attached hydrogens (primary N) is 2. The molecule has 0 aliphatic heterocycles. The number of imidazole rings is 1. The maximum absolute atomic E-state index is 6.36. The zero-order valence-corrected chi connectivity index (χ0v) is 19.6. The quantitative estimate of drug-likeness (QED) is 0.327. The molecule has 37 heavy (non-hydrogen) atoms. The molecule has 4 aromatic heterocycles. The molecule has 0 saturated heterocycles. The number of para-hydroxylation sites is 1. The number of rotatable bonds is 4. The summed E-state index contributed by atoms with van der Waals surface area (Å²) in [5.74, 6) is 0.734. The van der Waals surface area contributed by atoms with E-state index >= 15 is 0 Å². The lowest BCUT2D eigenvalue weighted by Gasteiger charge is -2.12. The Kier molecular flexibility index (Phi) is 4.62. The summed E-state index contributed by atoms with van der Waals surface area (Å²) in [6.07, 6.45) is 1.47. The molecule has 9 nitrogen and oxygen atoms in total. The normalized spacial score (nSPS) is 11.6. The van der Waals surface area contributed by atoms with Gasteiger partial charge in [-0.1, -0.05) is 54.6 Å². The molecule has 7 aromatic rings. The van der Waals surface area contributed by atoms with Crippen LogP contribution in [-0.4, -0.2) is 34.7 Å². The smallest absolute Gasteiger partial charge is 0.198 e. The zero-order valence-electron chi connectivity index (χ0n) is 19.6. The molecule has 178 valence electrons. The number of hydrogen-bond donors (Lipinski definition) is 3. The van der Waals surface area contributed by atoms with E-state index in [0.717, 1.165) is 44.3 Å². The van der Waals surface area contributed by atoms with Crippen LogP contribution in [0.15, 0.2) is 85.2 Å². The monoisotopic (exact) mass is 483 g/mol. The number of pyridine rings is 1. The molecule has 0 radical (unpaired) electrons. The molecule has 3 aromatic carbocycles. The molecule has 0 bridgehead atoms. The second kappa shape index (κ2) is 8.13. The van der Waals surface area contributed by atoms with Gasteiger partial charge in [0.1, 0.15) is 17.8 Å². The Hall–Kier alpha value is -5.31. The molecule has 0 fully saturated rings. The Morgan fingerprint density at radius 3 is 2.49 bits per heavy atom. The Labute approximate surface area is 210 Å². The van der Waals surface area contributed by atoms with Gasteiger partial charge in [0.15, 0.2) is 11.6 Å². The molecule has 0 aliphatic carbocycles. The molecule has 4 heterocycles. The van der Waals surface area contributed by atoms with Crippen LogP contribution in [0, 0.1) is 0 Å². The van der Waals surface area contributed by atoms with Gasteiger partial charge in [-0.2, -0.15) is 5.10 Å². The average Bonchev–Trinajstić information content (AvgIpc) is 3.48. The van der Waals surface area contributed by atoms with Gasteiger partial charge in [0, 0.05) is 22.1 Å². The molecule has 0 atom stereocenters. The lowest BCUT2D eigenvalue weighted by molar-refractivity contribution is 0.706. The highest BCUT2D eigenvalue weighted by Gasteiger charge is 2.19. The van der Waals surface area contributed by atoms with E-state index in [9.17, 15) is 0 Å². The van der Waals surface area contributed by atoms with Gasteiger partial charge >= 0.3 is 0 Å². The first kappa shape index (κ1) is 21.0. The number of anilines is 2. The minimum atomic E-state index is 0.364. The molecule has 0 aliphatic rings. The molecular weight excluding hydrogens is 462 g/mol. The second-order valence-electron chi connectivity index (χ2n) is 8.87. The van der Waals surface area contributed by atoms with Crippen LogP contribution in [0.4, 0.5) is 11.8 Å². The van der Waals surface area contributed by atoms with E-state index < -0.39 is 0 Å². The van der Waals surface area contributed by atoms with Gasteiger partial charge in [0.25, 0.3) is 0 Å². The topological polar surface area (TPSA) is 137 Å². The first-order valence-corrected chi connectivity index (χ1v) is 11.8. The summed E-state index contributed by atoms with van der Waals surface area (Å²) in [6, 6.07) is 26.3. The van der Waals surface area contributed by atoms with E-state index in [1.54, 1.807) is 0 Å². The third kappa shape index (κ3) is 3.52. The number of aromatic amines is 1. The van der Waals surface area contributed by atoms with Crippen molar-refractivity contribution in [2.75, 3.05) is 11.5 Å². The van der Waals surface area contributed by atoms with Crippen molar-refractivity contribution >= 4 is 44.7 Å². The molecule has 0 amide bonds. The fourth-order valence-corrected chi connectivity index (χ4v) is 4.81. The Morgan fingerprint density at radius 2 is 1.59 bits per heavy atom. The van der Waals surface area contributed by atoms with Crippen molar-refractivity contribution in [2.24, 2.45) is 0 Å². The summed E-state index contributed by atoms with van der Waals surface area (Å²) in [7, 11) is 0. The number of aromatic nitrogens is 7.